The van der Waals surface area contributed by atoms with Crippen LogP contribution in [0.5, 0.6) is 5.75 Å². The van der Waals surface area contributed by atoms with E-state index in [2.05, 4.69) is 14.8 Å². The monoisotopic (exact) mass is 585 g/mol. The lowest BCUT2D eigenvalue weighted by Crippen LogP contribution is -2.54. The first-order chi connectivity index (χ1) is 19.1. The molecule has 1 aromatic rings. The molecule has 40 heavy (non-hydrogen) atoms. The number of ether oxygens (including phenoxy) is 4. The molecule has 2 aliphatic rings. The Kier molecular flexibility index (Phi) is 11.5. The fraction of sp³-hybridized carbons (Fsp3) is 0.542. The van der Waals surface area contributed by atoms with E-state index in [0.29, 0.717) is 13.2 Å². The van der Waals surface area contributed by atoms with Crippen molar-refractivity contribution in [2.24, 2.45) is 0 Å². The molecule has 0 spiro atoms. The molecule has 1 saturated heterocycles. The van der Waals surface area contributed by atoms with Crippen LogP contribution in [0, 0.1) is 0 Å². The first-order valence-electron chi connectivity index (χ1n) is 12.4. The number of amides is 5. The average Bonchev–Trinajstić information content (AvgIpc) is 3.15. The molecule has 1 unspecified atom stereocenters. The minimum Gasteiger partial charge on any atom is -0.483 e. The molecule has 2 aliphatic heterocycles. The van der Waals surface area contributed by atoms with Gasteiger partial charge in [-0.15, -0.1) is 0 Å². The molecule has 1 fully saturated rings. The lowest BCUT2D eigenvalue weighted by Gasteiger charge is -2.27. The van der Waals surface area contributed by atoms with Crippen molar-refractivity contribution in [3.05, 3.63) is 29.3 Å². The molecule has 0 bridgehead atoms. The first kappa shape index (κ1) is 31.1. The van der Waals surface area contributed by atoms with Gasteiger partial charge in [0.2, 0.25) is 11.8 Å². The van der Waals surface area contributed by atoms with Gasteiger partial charge in [0, 0.05) is 13.0 Å². The second-order valence-corrected chi connectivity index (χ2v) is 10.3. The highest BCUT2D eigenvalue weighted by molar-refractivity contribution is 7.85. The van der Waals surface area contributed by atoms with Crippen LogP contribution in [0.15, 0.2) is 18.2 Å². The van der Waals surface area contributed by atoms with Gasteiger partial charge in [-0.3, -0.25) is 38.4 Å². The van der Waals surface area contributed by atoms with E-state index in [4.69, 9.17) is 18.9 Å². The quantitative estimate of drug-likeness (QED) is 0.124. The van der Waals surface area contributed by atoms with Crippen molar-refractivity contribution in [2.45, 2.75) is 18.9 Å². The lowest BCUT2D eigenvalue weighted by molar-refractivity contribution is -0.136. The molecule has 2 heterocycles. The summed E-state index contributed by atoms with van der Waals surface area (Å²) in [6.45, 7) is 1.17. The maximum atomic E-state index is 13.0. The molecule has 0 aromatic heterocycles. The van der Waals surface area contributed by atoms with Crippen molar-refractivity contribution < 1.29 is 55.5 Å². The number of nitrogens with one attached hydrogen (secondary N) is 2. The summed E-state index contributed by atoms with van der Waals surface area (Å²) in [5, 5.41) is 4.73. The maximum absolute atomic E-state index is 13.0. The summed E-state index contributed by atoms with van der Waals surface area (Å²) in [6.07, 6.45) is 0.993. The third kappa shape index (κ3) is 9.06. The number of hydrogen-bond donors (Lipinski definition) is 2. The Balaban J connectivity index is 1.30. The molecule has 5 amide bonds. The molecular formula is C24H31N3O12S. The minimum absolute atomic E-state index is 0.00566. The summed E-state index contributed by atoms with van der Waals surface area (Å²) in [4.78, 5) is 62.5. The van der Waals surface area contributed by atoms with Crippen LogP contribution in [0.1, 0.15) is 33.6 Å². The summed E-state index contributed by atoms with van der Waals surface area (Å²) >= 11 is 0. The third-order valence-electron chi connectivity index (χ3n) is 5.63. The Morgan fingerprint density at radius 3 is 2.27 bits per heavy atom. The van der Waals surface area contributed by atoms with Crippen molar-refractivity contribution in [1.29, 1.82) is 0 Å². The van der Waals surface area contributed by atoms with E-state index in [0.717, 1.165) is 11.2 Å². The van der Waals surface area contributed by atoms with Gasteiger partial charge < -0.3 is 24.3 Å². The minimum atomic E-state index is -3.48. The highest BCUT2D eigenvalue weighted by Crippen LogP contribution is 2.33. The van der Waals surface area contributed by atoms with Gasteiger partial charge in [0.15, 0.2) is 6.61 Å². The zero-order valence-corrected chi connectivity index (χ0v) is 22.7. The van der Waals surface area contributed by atoms with E-state index < -0.39 is 52.3 Å². The molecule has 0 radical (unpaired) electrons. The van der Waals surface area contributed by atoms with Gasteiger partial charge in [0.25, 0.3) is 27.8 Å². The van der Waals surface area contributed by atoms with Crippen LogP contribution in [0.3, 0.4) is 0 Å². The van der Waals surface area contributed by atoms with Crippen molar-refractivity contribution in [1.82, 2.24) is 15.5 Å². The number of fused-ring (bicyclic) bond motifs is 1. The predicted molar refractivity (Wildman–Crippen MR) is 135 cm³/mol. The second kappa shape index (κ2) is 14.8. The Morgan fingerprint density at radius 1 is 0.975 bits per heavy atom. The number of carbonyl (C=O) groups is 5. The van der Waals surface area contributed by atoms with Gasteiger partial charge in [-0.05, 0) is 18.6 Å². The number of rotatable bonds is 17. The smallest absolute Gasteiger partial charge is 0.266 e. The van der Waals surface area contributed by atoms with Crippen molar-refractivity contribution in [3.63, 3.8) is 0 Å². The number of benzene rings is 1. The van der Waals surface area contributed by atoms with Crippen LogP contribution in [-0.4, -0.2) is 115 Å². The average molecular weight is 586 g/mol. The Bertz CT molecular complexity index is 1220. The molecule has 1 aromatic carbocycles. The summed E-state index contributed by atoms with van der Waals surface area (Å²) in [5.74, 6) is -3.03. The van der Waals surface area contributed by atoms with Gasteiger partial charge in [0.1, 0.15) is 11.8 Å². The fourth-order valence-electron chi connectivity index (χ4n) is 3.85. The molecule has 0 saturated carbocycles. The maximum Gasteiger partial charge on any atom is 0.266 e. The van der Waals surface area contributed by atoms with Crippen LogP contribution >= 0.6 is 0 Å². The molecule has 16 heteroatoms. The van der Waals surface area contributed by atoms with Crippen LogP contribution in [0.25, 0.3) is 0 Å². The van der Waals surface area contributed by atoms with E-state index in [1.165, 1.54) is 18.2 Å². The topological polar surface area (TPSA) is 193 Å². The number of hydrogen-bond acceptors (Lipinski definition) is 12. The molecule has 1 atom stereocenters. The molecule has 15 nitrogen and oxygen atoms in total. The van der Waals surface area contributed by atoms with Gasteiger partial charge in [-0.2, -0.15) is 8.42 Å². The predicted octanol–water partition coefficient (Wildman–Crippen LogP) is -1.39. The summed E-state index contributed by atoms with van der Waals surface area (Å²) in [5.41, 5.74) is 0.0109. The largest absolute Gasteiger partial charge is 0.483 e. The number of carbonyl (C=O) groups excluding carboxylic acids is 5. The highest BCUT2D eigenvalue weighted by Gasteiger charge is 2.46. The summed E-state index contributed by atoms with van der Waals surface area (Å²) in [6, 6.07) is 3.28. The Hall–Kier alpha value is -3.44. The van der Waals surface area contributed by atoms with Crippen LogP contribution in [-0.2, 0) is 42.9 Å². The van der Waals surface area contributed by atoms with Gasteiger partial charge in [-0.1, -0.05) is 6.07 Å². The van der Waals surface area contributed by atoms with Gasteiger partial charge >= 0.3 is 0 Å². The zero-order chi connectivity index (χ0) is 29.1. The Morgan fingerprint density at radius 2 is 1.62 bits per heavy atom. The molecule has 220 valence electrons. The highest BCUT2D eigenvalue weighted by atomic mass is 32.2. The van der Waals surface area contributed by atoms with E-state index in [1.54, 1.807) is 0 Å². The first-order valence-corrected chi connectivity index (χ1v) is 14.2. The van der Waals surface area contributed by atoms with Crippen LogP contribution in [0.2, 0.25) is 0 Å². The molecular weight excluding hydrogens is 554 g/mol. The third-order valence-corrected chi connectivity index (χ3v) is 6.22. The van der Waals surface area contributed by atoms with Crippen LogP contribution < -0.4 is 15.4 Å². The van der Waals surface area contributed by atoms with Crippen LogP contribution in [0.4, 0.5) is 0 Å². The lowest BCUT2D eigenvalue weighted by atomic mass is 10.0. The van der Waals surface area contributed by atoms with Crippen molar-refractivity contribution >= 4 is 39.7 Å². The van der Waals surface area contributed by atoms with Crippen molar-refractivity contribution in [2.75, 3.05) is 65.7 Å². The Labute approximate surface area is 230 Å². The SMILES string of the molecule is CS(=O)(=O)OCCOCCOCCOCCNC(=O)COc1cccc2c1C(=O)N(C1CCC(=O)NC1=O)C2=O. The number of nitrogens with zero attached hydrogens (tertiary/aromatic N) is 1. The van der Waals surface area contributed by atoms with E-state index >= 15 is 0 Å². The number of imide groups is 2. The normalized spacial score (nSPS) is 17.1. The molecule has 2 N–H and O–H groups in total. The zero-order valence-electron chi connectivity index (χ0n) is 21.8. The second-order valence-electron chi connectivity index (χ2n) is 8.63. The molecule has 3 rings (SSSR count). The van der Waals surface area contributed by atoms with Gasteiger partial charge in [0.05, 0.1) is 63.6 Å². The summed E-state index contributed by atoms with van der Waals surface area (Å²) < 4.78 is 47.4. The van der Waals surface area contributed by atoms with Gasteiger partial charge in [-0.25, -0.2) is 0 Å². The standard InChI is InChI=1S/C24H31N3O12S/c1-40(33,34)39-14-13-37-12-11-36-10-9-35-8-7-25-20(29)15-38-18-4-2-3-16-21(18)24(32)27(23(16)31)17-5-6-19(28)26-22(17)30/h2-4,17H,5-15H2,1H3,(H,25,29)(H,26,28,30). The van der Waals surface area contributed by atoms with E-state index in [1.807, 2.05) is 0 Å². The fourth-order valence-corrected chi connectivity index (χ4v) is 4.22. The van der Waals surface area contributed by atoms with E-state index in [9.17, 15) is 32.4 Å². The van der Waals surface area contributed by atoms with E-state index in [-0.39, 0.29) is 69.3 Å². The summed E-state index contributed by atoms with van der Waals surface area (Å²) in [7, 11) is -3.48. The van der Waals surface area contributed by atoms with Crippen molar-refractivity contribution in [3.8, 4) is 5.75 Å². The molecule has 0 aliphatic carbocycles. The number of piperidine rings is 1.